The van der Waals surface area contributed by atoms with Gasteiger partial charge in [0.2, 0.25) is 0 Å². The molecule has 1 N–H and O–H groups in total. The van der Waals surface area contributed by atoms with Gasteiger partial charge in [0.05, 0.1) is 16.3 Å². The summed E-state index contributed by atoms with van der Waals surface area (Å²) in [5.74, 6) is -1.27. The molecule has 0 fully saturated rings. The first-order valence-corrected chi connectivity index (χ1v) is 9.59. The Balaban J connectivity index is 1.59. The van der Waals surface area contributed by atoms with Gasteiger partial charge in [-0.3, -0.25) is 9.78 Å². The van der Waals surface area contributed by atoms with Crippen molar-refractivity contribution in [2.24, 2.45) is 0 Å². The van der Waals surface area contributed by atoms with E-state index in [-0.39, 0.29) is 10.6 Å². The number of hydrogen-bond donors (Lipinski definition) is 1. The molecule has 0 aliphatic heterocycles. The Morgan fingerprint density at radius 2 is 1.82 bits per heavy atom. The third-order valence-electron chi connectivity index (χ3n) is 4.04. The quantitative estimate of drug-likeness (QED) is 0.455. The van der Waals surface area contributed by atoms with Gasteiger partial charge in [0.25, 0.3) is 5.91 Å². The number of pyridine rings is 1. The molecule has 7 heteroatoms. The number of nitrogens with one attached hydrogen (secondary N) is 1. The smallest absolute Gasteiger partial charge is 0.260 e. The molecule has 4 nitrogen and oxygen atoms in total. The zero-order valence-corrected chi connectivity index (χ0v) is 16.0. The Morgan fingerprint density at radius 3 is 2.61 bits per heavy atom. The van der Waals surface area contributed by atoms with Crippen LogP contribution in [0.5, 0.6) is 0 Å². The molecule has 0 radical (unpaired) electrons. The Bertz CT molecular complexity index is 1130. The molecule has 0 unspecified atom stereocenters. The average molecular weight is 410 g/mol. The molecule has 0 atom stereocenters. The standard InChI is InChI=1S/C21H13ClFN3OS/c22-16-5-2-6-17(23)19(16)20(27)25-15-4-1-3-14(11-15)18-12-28-21(26-18)13-7-9-24-10-8-13/h1-12H,(H,25,27). The summed E-state index contributed by atoms with van der Waals surface area (Å²) in [6.45, 7) is 0. The van der Waals surface area contributed by atoms with Crippen LogP contribution in [0.3, 0.4) is 0 Å². The van der Waals surface area contributed by atoms with Gasteiger partial charge in [0.1, 0.15) is 10.8 Å². The van der Waals surface area contributed by atoms with Crippen LogP contribution in [-0.4, -0.2) is 15.9 Å². The zero-order chi connectivity index (χ0) is 19.5. The van der Waals surface area contributed by atoms with E-state index in [1.165, 1.54) is 29.5 Å². The van der Waals surface area contributed by atoms with Gasteiger partial charge in [-0.05, 0) is 36.4 Å². The number of halogens is 2. The lowest BCUT2D eigenvalue weighted by atomic mass is 10.1. The van der Waals surface area contributed by atoms with Crippen molar-refractivity contribution in [2.75, 3.05) is 5.32 Å². The molecule has 2 aromatic heterocycles. The monoisotopic (exact) mass is 409 g/mol. The molecular formula is C21H13ClFN3OS. The summed E-state index contributed by atoms with van der Waals surface area (Å²) in [5.41, 5.74) is 2.97. The van der Waals surface area contributed by atoms with Crippen molar-refractivity contribution in [1.29, 1.82) is 0 Å². The van der Waals surface area contributed by atoms with E-state index in [1.807, 2.05) is 23.6 Å². The SMILES string of the molecule is O=C(Nc1cccc(-c2csc(-c3ccncc3)n2)c1)c1c(F)cccc1Cl. The second-order valence-electron chi connectivity index (χ2n) is 5.91. The topological polar surface area (TPSA) is 54.9 Å². The molecule has 4 aromatic rings. The molecule has 0 bridgehead atoms. The summed E-state index contributed by atoms with van der Waals surface area (Å²) in [6.07, 6.45) is 3.45. The summed E-state index contributed by atoms with van der Waals surface area (Å²) in [5, 5.41) is 5.59. The molecule has 4 rings (SSSR count). The minimum atomic E-state index is -0.664. The van der Waals surface area contributed by atoms with Gasteiger partial charge in [-0.1, -0.05) is 29.8 Å². The Hall–Kier alpha value is -3.09. The van der Waals surface area contributed by atoms with Gasteiger partial charge < -0.3 is 5.32 Å². The Morgan fingerprint density at radius 1 is 1.04 bits per heavy atom. The van der Waals surface area contributed by atoms with E-state index in [0.717, 1.165) is 21.8 Å². The number of nitrogens with zero attached hydrogens (tertiary/aromatic N) is 2. The number of aromatic nitrogens is 2. The summed E-state index contributed by atoms with van der Waals surface area (Å²) in [7, 11) is 0. The number of benzene rings is 2. The normalized spacial score (nSPS) is 10.6. The lowest BCUT2D eigenvalue weighted by Crippen LogP contribution is -2.14. The lowest BCUT2D eigenvalue weighted by molar-refractivity contribution is 0.102. The van der Waals surface area contributed by atoms with Crippen molar-refractivity contribution in [3.8, 4) is 21.8 Å². The fourth-order valence-corrected chi connectivity index (χ4v) is 3.78. The van der Waals surface area contributed by atoms with Crippen LogP contribution in [-0.2, 0) is 0 Å². The van der Waals surface area contributed by atoms with Crippen molar-refractivity contribution >= 4 is 34.5 Å². The van der Waals surface area contributed by atoms with Crippen LogP contribution >= 0.6 is 22.9 Å². The first-order valence-electron chi connectivity index (χ1n) is 8.33. The van der Waals surface area contributed by atoms with E-state index in [9.17, 15) is 9.18 Å². The largest absolute Gasteiger partial charge is 0.322 e. The number of carbonyl (C=O) groups is 1. The van der Waals surface area contributed by atoms with E-state index < -0.39 is 11.7 Å². The maximum Gasteiger partial charge on any atom is 0.260 e. The van der Waals surface area contributed by atoms with E-state index in [4.69, 9.17) is 11.6 Å². The van der Waals surface area contributed by atoms with Gasteiger partial charge in [-0.15, -0.1) is 11.3 Å². The first-order chi connectivity index (χ1) is 13.6. The van der Waals surface area contributed by atoms with E-state index in [0.29, 0.717) is 5.69 Å². The van der Waals surface area contributed by atoms with Crippen LogP contribution in [0.1, 0.15) is 10.4 Å². The molecule has 1 amide bonds. The summed E-state index contributed by atoms with van der Waals surface area (Å²) < 4.78 is 14.0. The number of hydrogen-bond acceptors (Lipinski definition) is 4. The van der Waals surface area contributed by atoms with Gasteiger partial charge in [0, 0.05) is 34.6 Å². The van der Waals surface area contributed by atoms with Crippen LogP contribution in [0.2, 0.25) is 5.02 Å². The number of carbonyl (C=O) groups excluding carboxylic acids is 1. The predicted molar refractivity (Wildman–Crippen MR) is 110 cm³/mol. The summed E-state index contributed by atoms with van der Waals surface area (Å²) in [6, 6.07) is 15.2. The number of rotatable bonds is 4. The van der Waals surface area contributed by atoms with Gasteiger partial charge >= 0.3 is 0 Å². The molecule has 138 valence electrons. The van der Waals surface area contributed by atoms with Crippen molar-refractivity contribution in [3.05, 3.63) is 88.8 Å². The zero-order valence-electron chi connectivity index (χ0n) is 14.4. The van der Waals surface area contributed by atoms with Gasteiger partial charge in [0.15, 0.2) is 0 Å². The molecule has 2 aromatic carbocycles. The molecule has 0 saturated heterocycles. The Kier molecular flexibility index (Phi) is 5.14. The van der Waals surface area contributed by atoms with Crippen LogP contribution < -0.4 is 5.32 Å². The maximum atomic E-state index is 14.0. The Labute approximate surface area is 169 Å². The van der Waals surface area contributed by atoms with Crippen molar-refractivity contribution in [2.45, 2.75) is 0 Å². The van der Waals surface area contributed by atoms with Crippen molar-refractivity contribution in [3.63, 3.8) is 0 Å². The van der Waals surface area contributed by atoms with E-state index in [1.54, 1.807) is 30.6 Å². The lowest BCUT2D eigenvalue weighted by Gasteiger charge is -2.08. The van der Waals surface area contributed by atoms with Crippen molar-refractivity contribution < 1.29 is 9.18 Å². The molecule has 0 spiro atoms. The fraction of sp³-hybridized carbons (Fsp3) is 0. The minimum absolute atomic E-state index is 0.0650. The second-order valence-corrected chi connectivity index (χ2v) is 7.17. The molecule has 0 aliphatic carbocycles. The predicted octanol–water partition coefficient (Wildman–Crippen LogP) is 5.92. The average Bonchev–Trinajstić information content (AvgIpc) is 3.19. The van der Waals surface area contributed by atoms with Crippen LogP contribution in [0.15, 0.2) is 72.4 Å². The number of amides is 1. The maximum absolute atomic E-state index is 14.0. The molecule has 28 heavy (non-hydrogen) atoms. The molecular weight excluding hydrogens is 397 g/mol. The minimum Gasteiger partial charge on any atom is -0.322 e. The highest BCUT2D eigenvalue weighted by atomic mass is 35.5. The van der Waals surface area contributed by atoms with E-state index in [2.05, 4.69) is 15.3 Å². The summed E-state index contributed by atoms with van der Waals surface area (Å²) in [4.78, 5) is 21.1. The van der Waals surface area contributed by atoms with Gasteiger partial charge in [-0.25, -0.2) is 9.37 Å². The van der Waals surface area contributed by atoms with Crippen LogP contribution in [0, 0.1) is 5.82 Å². The highest BCUT2D eigenvalue weighted by molar-refractivity contribution is 7.13. The van der Waals surface area contributed by atoms with Crippen molar-refractivity contribution in [1.82, 2.24) is 9.97 Å². The first kappa shape index (κ1) is 18.3. The third kappa shape index (κ3) is 3.78. The molecule has 0 aliphatic rings. The molecule has 0 saturated carbocycles. The third-order valence-corrected chi connectivity index (χ3v) is 5.24. The van der Waals surface area contributed by atoms with Gasteiger partial charge in [-0.2, -0.15) is 0 Å². The highest BCUT2D eigenvalue weighted by Crippen LogP contribution is 2.30. The number of thiazole rings is 1. The molecule has 2 heterocycles. The second kappa shape index (κ2) is 7.88. The van der Waals surface area contributed by atoms with E-state index >= 15 is 0 Å². The number of anilines is 1. The highest BCUT2D eigenvalue weighted by Gasteiger charge is 2.16. The summed E-state index contributed by atoms with van der Waals surface area (Å²) >= 11 is 7.49. The van der Waals surface area contributed by atoms with Crippen LogP contribution in [0.25, 0.3) is 21.8 Å². The fourth-order valence-electron chi connectivity index (χ4n) is 2.70. The van der Waals surface area contributed by atoms with Crippen LogP contribution in [0.4, 0.5) is 10.1 Å².